The number of hydrogen-bond acceptors (Lipinski definition) is 10. The lowest BCUT2D eigenvalue weighted by Gasteiger charge is -2.25. The summed E-state index contributed by atoms with van der Waals surface area (Å²) in [5.41, 5.74) is 2.26. The van der Waals surface area contributed by atoms with E-state index in [0.717, 1.165) is 11.1 Å². The Labute approximate surface area is 251 Å². The van der Waals surface area contributed by atoms with Crippen LogP contribution >= 0.6 is 23.1 Å². The van der Waals surface area contributed by atoms with Crippen molar-refractivity contribution < 1.29 is 28.9 Å². The summed E-state index contributed by atoms with van der Waals surface area (Å²) >= 11 is 2.68. The molecule has 2 heterocycles. The normalized spacial score (nSPS) is 15.0. The summed E-state index contributed by atoms with van der Waals surface area (Å²) in [7, 11) is 4.43. The van der Waals surface area contributed by atoms with Crippen molar-refractivity contribution in [3.8, 4) is 17.2 Å². The van der Waals surface area contributed by atoms with Crippen LogP contribution in [0.15, 0.2) is 94.5 Å². The third-order valence-corrected chi connectivity index (χ3v) is 8.64. The highest BCUT2D eigenvalue weighted by Crippen LogP contribution is 2.47. The molecule has 1 N–H and O–H groups in total. The summed E-state index contributed by atoms with van der Waals surface area (Å²) in [6, 6.07) is 21.4. The largest absolute Gasteiger partial charge is 0.503 e. The number of ether oxygens (including phenoxy) is 3. The molecule has 0 aliphatic carbocycles. The molecule has 1 atom stereocenters. The highest BCUT2D eigenvalue weighted by molar-refractivity contribution is 8.00. The van der Waals surface area contributed by atoms with Gasteiger partial charge in [0.15, 0.2) is 27.4 Å². The summed E-state index contributed by atoms with van der Waals surface area (Å²) in [5, 5.41) is 19.9. The van der Waals surface area contributed by atoms with Crippen LogP contribution in [0.2, 0.25) is 0 Å². The Morgan fingerprint density at radius 2 is 1.62 bits per heavy atom. The van der Waals surface area contributed by atoms with Crippen molar-refractivity contribution in [1.82, 2.24) is 10.2 Å². The number of anilines is 1. The van der Waals surface area contributed by atoms with Crippen molar-refractivity contribution in [2.45, 2.75) is 16.1 Å². The fourth-order valence-corrected chi connectivity index (χ4v) is 6.36. The first-order valence-electron chi connectivity index (χ1n) is 12.8. The number of amides is 1. The van der Waals surface area contributed by atoms with E-state index < -0.39 is 23.5 Å². The van der Waals surface area contributed by atoms with E-state index in [1.807, 2.05) is 60.7 Å². The van der Waals surface area contributed by atoms with E-state index in [1.54, 1.807) is 18.2 Å². The van der Waals surface area contributed by atoms with Gasteiger partial charge in [-0.2, -0.15) is 0 Å². The number of aliphatic hydroxyl groups excluding tert-OH is 1. The van der Waals surface area contributed by atoms with Crippen molar-refractivity contribution in [2.75, 3.05) is 26.2 Å². The molecule has 214 valence electrons. The lowest BCUT2D eigenvalue weighted by atomic mass is 9.95. The molecule has 0 saturated carbocycles. The molecule has 3 aromatic carbocycles. The topological polar surface area (TPSA) is 111 Å². The molecular weight excluding hydrogens is 574 g/mol. The van der Waals surface area contributed by atoms with Gasteiger partial charge < -0.3 is 19.3 Å². The Balaban J connectivity index is 1.56. The minimum Gasteiger partial charge on any atom is -0.503 e. The smallest absolute Gasteiger partial charge is 0.296 e. The molecule has 11 heteroatoms. The second-order valence-corrected chi connectivity index (χ2v) is 11.2. The molecular formula is C31H27N3O6S2. The van der Waals surface area contributed by atoms with Crippen LogP contribution in [0.25, 0.3) is 6.08 Å². The zero-order valence-electron chi connectivity index (χ0n) is 23.0. The molecule has 1 aromatic heterocycles. The van der Waals surface area contributed by atoms with E-state index in [1.165, 1.54) is 55.4 Å². The van der Waals surface area contributed by atoms with Gasteiger partial charge in [-0.3, -0.25) is 14.5 Å². The monoisotopic (exact) mass is 601 g/mol. The maximum atomic E-state index is 13.6. The van der Waals surface area contributed by atoms with Crippen LogP contribution in [-0.2, 0) is 15.3 Å². The van der Waals surface area contributed by atoms with Crippen LogP contribution in [0, 0.1) is 0 Å². The molecule has 5 rings (SSSR count). The Bertz CT molecular complexity index is 1630. The minimum absolute atomic E-state index is 0.102. The average molecular weight is 602 g/mol. The van der Waals surface area contributed by atoms with E-state index in [2.05, 4.69) is 10.2 Å². The number of aliphatic hydroxyl groups is 1. The first kappa shape index (κ1) is 28.9. The van der Waals surface area contributed by atoms with E-state index in [4.69, 9.17) is 14.2 Å². The quantitative estimate of drug-likeness (QED) is 0.125. The summed E-state index contributed by atoms with van der Waals surface area (Å²) in [5.74, 6) is -0.292. The van der Waals surface area contributed by atoms with Crippen LogP contribution in [0.5, 0.6) is 17.2 Å². The number of methoxy groups -OCH3 is 3. The average Bonchev–Trinajstić information content (AvgIpc) is 3.60. The molecule has 1 amide bonds. The first-order chi connectivity index (χ1) is 20.4. The van der Waals surface area contributed by atoms with Crippen molar-refractivity contribution >= 4 is 46.0 Å². The molecule has 1 aliphatic heterocycles. The van der Waals surface area contributed by atoms with Crippen LogP contribution < -0.4 is 19.1 Å². The maximum absolute atomic E-state index is 13.6. The number of hydrogen-bond donors (Lipinski definition) is 1. The first-order valence-corrected chi connectivity index (χ1v) is 14.6. The van der Waals surface area contributed by atoms with Gasteiger partial charge in [0.2, 0.25) is 10.9 Å². The highest BCUT2D eigenvalue weighted by atomic mass is 32.2. The predicted octanol–water partition coefficient (Wildman–Crippen LogP) is 6.04. The SMILES string of the molecule is COc1cc(C2C(C(=O)C=Cc3ccccc3)=C(O)C(=O)N2c2nnc(SCc3ccccc3)s2)cc(OC)c1OC. The molecule has 4 aromatic rings. The van der Waals surface area contributed by atoms with Crippen molar-refractivity contribution in [3.05, 3.63) is 107 Å². The van der Waals surface area contributed by atoms with Crippen molar-refractivity contribution in [1.29, 1.82) is 0 Å². The van der Waals surface area contributed by atoms with Gasteiger partial charge in [0.05, 0.1) is 32.9 Å². The second-order valence-electron chi connectivity index (χ2n) is 9.03. The third-order valence-electron chi connectivity index (χ3n) is 6.51. The van der Waals surface area contributed by atoms with E-state index in [0.29, 0.717) is 32.9 Å². The predicted molar refractivity (Wildman–Crippen MR) is 162 cm³/mol. The van der Waals surface area contributed by atoms with Crippen LogP contribution in [0.1, 0.15) is 22.7 Å². The Kier molecular flexibility index (Phi) is 8.89. The number of nitrogens with zero attached hydrogens (tertiary/aromatic N) is 3. The maximum Gasteiger partial charge on any atom is 0.296 e. The van der Waals surface area contributed by atoms with Crippen LogP contribution in [-0.4, -0.2) is 48.3 Å². The van der Waals surface area contributed by atoms with Crippen molar-refractivity contribution in [2.24, 2.45) is 0 Å². The van der Waals surface area contributed by atoms with Gasteiger partial charge >= 0.3 is 0 Å². The number of ketones is 1. The molecule has 42 heavy (non-hydrogen) atoms. The standard InChI is InChI=1S/C31H27N3O6S2/c1-38-23-16-21(17-24(39-2)28(23)40-3)26-25(22(35)15-14-19-10-6-4-7-11-19)27(36)29(37)34(26)30-32-33-31(42-30)41-18-20-12-8-5-9-13-20/h4-17,26,36H,18H2,1-3H3. The number of carbonyl (C=O) groups is 2. The number of carbonyl (C=O) groups excluding carboxylic acids is 2. The fourth-order valence-electron chi connectivity index (χ4n) is 4.53. The summed E-state index contributed by atoms with van der Waals surface area (Å²) in [4.78, 5) is 28.5. The number of rotatable bonds is 11. The number of allylic oxidation sites excluding steroid dienone is 1. The molecule has 0 saturated heterocycles. The second kappa shape index (κ2) is 12.9. The molecule has 0 radical (unpaired) electrons. The summed E-state index contributed by atoms with van der Waals surface area (Å²) in [6.07, 6.45) is 2.97. The lowest BCUT2D eigenvalue weighted by molar-refractivity contribution is -0.117. The van der Waals surface area contributed by atoms with Gasteiger partial charge in [-0.25, -0.2) is 0 Å². The number of benzene rings is 3. The molecule has 0 fully saturated rings. The van der Waals surface area contributed by atoms with Gasteiger partial charge in [-0.15, -0.1) is 10.2 Å². The Hall–Kier alpha value is -4.61. The van der Waals surface area contributed by atoms with Gasteiger partial charge in [0.25, 0.3) is 5.91 Å². The summed E-state index contributed by atoms with van der Waals surface area (Å²) < 4.78 is 17.2. The van der Waals surface area contributed by atoms with Gasteiger partial charge in [0, 0.05) is 5.75 Å². The van der Waals surface area contributed by atoms with Gasteiger partial charge in [-0.05, 0) is 34.9 Å². The number of thioether (sulfide) groups is 1. The molecule has 9 nitrogen and oxygen atoms in total. The van der Waals surface area contributed by atoms with Crippen LogP contribution in [0.3, 0.4) is 0 Å². The third kappa shape index (κ3) is 5.88. The minimum atomic E-state index is -1.04. The van der Waals surface area contributed by atoms with Crippen LogP contribution in [0.4, 0.5) is 5.13 Å². The summed E-state index contributed by atoms with van der Waals surface area (Å²) in [6.45, 7) is 0. The van der Waals surface area contributed by atoms with E-state index >= 15 is 0 Å². The van der Waals surface area contributed by atoms with E-state index in [-0.39, 0.29) is 10.7 Å². The molecule has 0 bridgehead atoms. The van der Waals surface area contributed by atoms with Gasteiger partial charge in [-0.1, -0.05) is 89.8 Å². The molecule has 1 aliphatic rings. The lowest BCUT2D eigenvalue weighted by Crippen LogP contribution is -2.31. The Morgan fingerprint density at radius 1 is 0.976 bits per heavy atom. The Morgan fingerprint density at radius 3 is 2.24 bits per heavy atom. The van der Waals surface area contributed by atoms with Gasteiger partial charge in [0.1, 0.15) is 0 Å². The fraction of sp³-hybridized carbons (Fsp3) is 0.161. The number of aromatic nitrogens is 2. The molecule has 0 spiro atoms. The zero-order chi connectivity index (χ0) is 29.6. The highest BCUT2D eigenvalue weighted by Gasteiger charge is 2.46. The van der Waals surface area contributed by atoms with Crippen molar-refractivity contribution in [3.63, 3.8) is 0 Å². The molecule has 1 unspecified atom stereocenters. The zero-order valence-corrected chi connectivity index (χ0v) is 24.6. The van der Waals surface area contributed by atoms with E-state index in [9.17, 15) is 14.7 Å².